The molecule has 0 unspecified atom stereocenters. The lowest BCUT2D eigenvalue weighted by Crippen LogP contribution is -1.97. The Morgan fingerprint density at radius 1 is 1.42 bits per heavy atom. The van der Waals surface area contributed by atoms with Gasteiger partial charge in [0.25, 0.3) is 0 Å². The Kier molecular flexibility index (Phi) is 13.2. The Labute approximate surface area is 89.4 Å². The number of hydrogen-bond donors (Lipinski definition) is 3. The minimum atomic E-state index is 0. The molecule has 0 aliphatic rings. The highest BCUT2D eigenvalue weighted by molar-refractivity contribution is 7.80. The molecule has 0 radical (unpaired) electrons. The van der Waals surface area contributed by atoms with Crippen molar-refractivity contribution in [3.63, 3.8) is 0 Å². The largest absolute Gasteiger partial charge is 0.368 e. The third-order valence-corrected chi connectivity index (χ3v) is 1.35. The van der Waals surface area contributed by atoms with Crippen LogP contribution in [0.15, 0.2) is 24.5 Å². The van der Waals surface area contributed by atoms with Crippen LogP contribution in [0.5, 0.6) is 0 Å². The van der Waals surface area contributed by atoms with Crippen molar-refractivity contribution >= 4 is 37.3 Å². The summed E-state index contributed by atoms with van der Waals surface area (Å²) in [7, 11) is 0. The molecule has 0 fully saturated rings. The zero-order valence-electron chi connectivity index (χ0n) is 6.56. The molecule has 0 saturated carbocycles. The Morgan fingerprint density at radius 3 is 2.00 bits per heavy atom. The second-order valence-electron chi connectivity index (χ2n) is 1.75. The predicted molar refractivity (Wildman–Crippen MR) is 61.8 cm³/mol. The molecule has 70 valence electrons. The van der Waals surface area contributed by atoms with Crippen LogP contribution in [-0.2, 0) is 0 Å². The first-order chi connectivity index (χ1) is 5.31. The fourth-order valence-corrected chi connectivity index (χ4v) is 0.508. The van der Waals surface area contributed by atoms with Crippen molar-refractivity contribution in [2.45, 2.75) is 0 Å². The van der Waals surface area contributed by atoms with E-state index in [1.165, 1.54) is 0 Å². The average molecular weight is 225 g/mol. The summed E-state index contributed by atoms with van der Waals surface area (Å²) in [5.41, 5.74) is 4.95. The van der Waals surface area contributed by atoms with E-state index in [4.69, 9.17) is 18.0 Å². The standard InChI is InChI=1S/C5H5NS.C2H7NS.ClH/c7-5-1-3-6-4-2-5;3-1-2-4;/h1-4H,(H,6,7);4H,1-3H2;1H. The first-order valence-corrected chi connectivity index (χ1v) is 4.29. The minimum Gasteiger partial charge on any atom is -0.368 e. The van der Waals surface area contributed by atoms with Crippen LogP contribution in [0.1, 0.15) is 0 Å². The molecule has 0 aromatic carbocycles. The molecule has 1 aromatic heterocycles. The number of H-pyrrole nitrogens is 1. The Morgan fingerprint density at radius 2 is 1.83 bits per heavy atom. The van der Waals surface area contributed by atoms with Crippen LogP contribution < -0.4 is 5.73 Å². The van der Waals surface area contributed by atoms with E-state index in [0.717, 1.165) is 10.3 Å². The molecule has 0 spiro atoms. The van der Waals surface area contributed by atoms with E-state index in [0.29, 0.717) is 6.54 Å². The highest BCUT2D eigenvalue weighted by Crippen LogP contribution is 1.82. The molecule has 0 aliphatic carbocycles. The van der Waals surface area contributed by atoms with E-state index in [-0.39, 0.29) is 12.4 Å². The van der Waals surface area contributed by atoms with Crippen molar-refractivity contribution in [3.8, 4) is 0 Å². The molecule has 0 bridgehead atoms. The molecule has 2 nitrogen and oxygen atoms in total. The van der Waals surface area contributed by atoms with E-state index in [1.54, 1.807) is 0 Å². The lowest BCUT2D eigenvalue weighted by molar-refractivity contribution is 1.16. The van der Waals surface area contributed by atoms with Crippen LogP contribution in [0, 0.1) is 4.51 Å². The van der Waals surface area contributed by atoms with Crippen LogP contribution in [0.25, 0.3) is 0 Å². The molecule has 5 heteroatoms. The van der Waals surface area contributed by atoms with Gasteiger partial charge in [-0.2, -0.15) is 12.6 Å². The number of aromatic nitrogens is 1. The van der Waals surface area contributed by atoms with Crippen molar-refractivity contribution in [2.75, 3.05) is 12.3 Å². The van der Waals surface area contributed by atoms with Gasteiger partial charge in [0.05, 0.1) is 0 Å². The topological polar surface area (TPSA) is 41.8 Å². The summed E-state index contributed by atoms with van der Waals surface area (Å²) in [5, 5.41) is 0. The number of nitrogens with two attached hydrogens (primary N) is 1. The molecule has 3 N–H and O–H groups in total. The third kappa shape index (κ3) is 9.97. The summed E-state index contributed by atoms with van der Waals surface area (Å²) in [6, 6.07) is 3.69. The maximum absolute atomic E-state index is 4.95. The lowest BCUT2D eigenvalue weighted by atomic mass is 10.5. The van der Waals surface area contributed by atoms with Gasteiger partial charge in [0, 0.05) is 29.2 Å². The predicted octanol–water partition coefficient (Wildman–Crippen LogP) is 2.04. The molecule has 0 aliphatic heterocycles. The van der Waals surface area contributed by atoms with Crippen molar-refractivity contribution < 1.29 is 0 Å². The summed E-state index contributed by atoms with van der Waals surface area (Å²) in [6.07, 6.45) is 3.62. The van der Waals surface area contributed by atoms with Gasteiger partial charge in [0.1, 0.15) is 0 Å². The zero-order valence-corrected chi connectivity index (χ0v) is 9.09. The molecule has 12 heavy (non-hydrogen) atoms. The van der Waals surface area contributed by atoms with Gasteiger partial charge in [0.2, 0.25) is 0 Å². The number of nitrogens with one attached hydrogen (secondary N) is 1. The summed E-state index contributed by atoms with van der Waals surface area (Å²) in [6.45, 7) is 0.684. The number of halogens is 1. The fraction of sp³-hybridized carbons (Fsp3) is 0.286. The Hall–Kier alpha value is -0.0300. The average Bonchev–Trinajstić information content (AvgIpc) is 2.07. The molecule has 1 rings (SSSR count). The number of pyridine rings is 1. The molecule has 0 saturated heterocycles. The first kappa shape index (κ1) is 14.5. The van der Waals surface area contributed by atoms with Gasteiger partial charge in [-0.1, -0.05) is 12.2 Å². The molecular formula is C7H13ClN2S2. The van der Waals surface area contributed by atoms with Crippen LogP contribution in [0.4, 0.5) is 0 Å². The highest BCUT2D eigenvalue weighted by atomic mass is 35.5. The summed E-state index contributed by atoms with van der Waals surface area (Å²) >= 11 is 8.59. The van der Waals surface area contributed by atoms with Gasteiger partial charge < -0.3 is 10.7 Å². The fourth-order valence-electron chi connectivity index (χ4n) is 0.372. The van der Waals surface area contributed by atoms with E-state index < -0.39 is 0 Å². The van der Waals surface area contributed by atoms with Gasteiger partial charge in [0.15, 0.2) is 0 Å². The van der Waals surface area contributed by atoms with Gasteiger partial charge in [-0.05, 0) is 12.1 Å². The van der Waals surface area contributed by atoms with Crippen molar-refractivity contribution in [1.29, 1.82) is 0 Å². The maximum Gasteiger partial charge on any atom is 0.0406 e. The number of hydrogen-bond acceptors (Lipinski definition) is 3. The smallest absolute Gasteiger partial charge is 0.0406 e. The number of aromatic amines is 1. The van der Waals surface area contributed by atoms with Crippen LogP contribution in [0.3, 0.4) is 0 Å². The van der Waals surface area contributed by atoms with E-state index in [2.05, 4.69) is 17.6 Å². The first-order valence-electron chi connectivity index (χ1n) is 3.25. The third-order valence-electron chi connectivity index (χ3n) is 0.817. The Balaban J connectivity index is 0. The minimum absolute atomic E-state index is 0. The highest BCUT2D eigenvalue weighted by Gasteiger charge is 1.66. The SMILES string of the molecule is Cl.NCCS.S=c1cc[nH]cc1. The summed E-state index contributed by atoms with van der Waals surface area (Å²) < 4.78 is 0.874. The molecule has 1 aromatic rings. The van der Waals surface area contributed by atoms with Crippen LogP contribution in [-0.4, -0.2) is 17.3 Å². The van der Waals surface area contributed by atoms with E-state index in [9.17, 15) is 0 Å². The number of thiol groups is 1. The quantitative estimate of drug-likeness (QED) is 0.505. The van der Waals surface area contributed by atoms with Gasteiger partial charge in [-0.25, -0.2) is 0 Å². The van der Waals surface area contributed by atoms with Gasteiger partial charge >= 0.3 is 0 Å². The second kappa shape index (κ2) is 11.0. The Bertz CT molecular complexity index is 207. The molecule has 0 atom stereocenters. The zero-order chi connectivity index (χ0) is 8.53. The normalized spacial score (nSPS) is 7.50. The van der Waals surface area contributed by atoms with Crippen molar-refractivity contribution in [3.05, 3.63) is 29.0 Å². The van der Waals surface area contributed by atoms with Crippen LogP contribution in [0.2, 0.25) is 0 Å². The summed E-state index contributed by atoms with van der Waals surface area (Å²) in [5.74, 6) is 0.792. The van der Waals surface area contributed by atoms with E-state index in [1.807, 2.05) is 24.5 Å². The molecule has 0 amide bonds. The maximum atomic E-state index is 4.95. The second-order valence-corrected chi connectivity index (χ2v) is 2.67. The van der Waals surface area contributed by atoms with Gasteiger partial charge in [-0.15, -0.1) is 12.4 Å². The lowest BCUT2D eigenvalue weighted by Gasteiger charge is -1.75. The van der Waals surface area contributed by atoms with Crippen molar-refractivity contribution in [1.82, 2.24) is 4.98 Å². The summed E-state index contributed by atoms with van der Waals surface area (Å²) in [4.78, 5) is 2.87. The van der Waals surface area contributed by atoms with Gasteiger partial charge in [-0.3, -0.25) is 0 Å². The van der Waals surface area contributed by atoms with Crippen molar-refractivity contribution in [2.24, 2.45) is 5.73 Å². The molecular weight excluding hydrogens is 212 g/mol. The monoisotopic (exact) mass is 224 g/mol. The number of rotatable bonds is 1. The molecule has 1 heterocycles. The van der Waals surface area contributed by atoms with Crippen LogP contribution >= 0.6 is 37.3 Å². The van der Waals surface area contributed by atoms with E-state index >= 15 is 0 Å².